The van der Waals surface area contributed by atoms with E-state index in [-0.39, 0.29) is 34.4 Å². The molecule has 0 aliphatic carbocycles. The molecule has 8 heteroatoms. The van der Waals surface area contributed by atoms with Gasteiger partial charge in [-0.15, -0.1) is 0 Å². The molecule has 0 atom stereocenters. The van der Waals surface area contributed by atoms with Crippen molar-refractivity contribution in [2.45, 2.75) is 18.2 Å². The highest BCUT2D eigenvalue weighted by Crippen LogP contribution is 2.20. The standard InChI is InChI=1S/C13H19N3O3S2/c1-3-8-16(9-12(17)15-2)21(18,19)11-7-5-4-6-10(11)13(14)20/h4-7H,3,8-9H2,1-2H3,(H2,14,20)(H,15,17). The number of nitrogens with zero attached hydrogens (tertiary/aromatic N) is 1. The van der Waals surface area contributed by atoms with Gasteiger partial charge in [0.05, 0.1) is 11.4 Å². The van der Waals surface area contributed by atoms with Crippen molar-refractivity contribution in [3.05, 3.63) is 29.8 Å². The van der Waals surface area contributed by atoms with Gasteiger partial charge in [-0.05, 0) is 12.5 Å². The van der Waals surface area contributed by atoms with E-state index >= 15 is 0 Å². The monoisotopic (exact) mass is 329 g/mol. The van der Waals surface area contributed by atoms with Crippen molar-refractivity contribution in [3.8, 4) is 0 Å². The third-order valence-corrected chi connectivity index (χ3v) is 4.97. The maximum Gasteiger partial charge on any atom is 0.244 e. The first-order valence-electron chi connectivity index (χ1n) is 6.44. The zero-order valence-corrected chi connectivity index (χ0v) is 13.6. The van der Waals surface area contributed by atoms with Gasteiger partial charge in [0.25, 0.3) is 0 Å². The van der Waals surface area contributed by atoms with E-state index in [9.17, 15) is 13.2 Å². The molecule has 0 unspecified atom stereocenters. The number of sulfonamides is 1. The fraction of sp³-hybridized carbons (Fsp3) is 0.385. The second-order valence-corrected chi connectivity index (χ2v) is 6.72. The van der Waals surface area contributed by atoms with Gasteiger partial charge in [-0.1, -0.05) is 37.3 Å². The maximum atomic E-state index is 12.7. The summed E-state index contributed by atoms with van der Waals surface area (Å²) in [5.41, 5.74) is 5.86. The summed E-state index contributed by atoms with van der Waals surface area (Å²) < 4.78 is 26.6. The van der Waals surface area contributed by atoms with Crippen molar-refractivity contribution in [3.63, 3.8) is 0 Å². The number of thiocarbonyl (C=S) groups is 1. The summed E-state index contributed by atoms with van der Waals surface area (Å²) in [5.74, 6) is -0.375. The number of carbonyl (C=O) groups is 1. The van der Waals surface area contributed by atoms with E-state index in [1.807, 2.05) is 6.92 Å². The minimum atomic E-state index is -3.84. The number of amides is 1. The van der Waals surface area contributed by atoms with Crippen molar-refractivity contribution in [1.82, 2.24) is 9.62 Å². The predicted octanol–water partition coefficient (Wildman–Crippen LogP) is 0.467. The summed E-state index contributed by atoms with van der Waals surface area (Å²) >= 11 is 4.90. The normalized spacial score (nSPS) is 11.4. The van der Waals surface area contributed by atoms with Crippen LogP contribution in [0.4, 0.5) is 0 Å². The van der Waals surface area contributed by atoms with Crippen molar-refractivity contribution in [1.29, 1.82) is 0 Å². The molecule has 0 radical (unpaired) electrons. The lowest BCUT2D eigenvalue weighted by Crippen LogP contribution is -2.40. The molecule has 6 nitrogen and oxygen atoms in total. The molecule has 3 N–H and O–H groups in total. The van der Waals surface area contributed by atoms with Gasteiger partial charge in [0.1, 0.15) is 4.99 Å². The minimum Gasteiger partial charge on any atom is -0.389 e. The second-order valence-electron chi connectivity index (χ2n) is 4.37. The van der Waals surface area contributed by atoms with Gasteiger partial charge in [-0.2, -0.15) is 4.31 Å². The van der Waals surface area contributed by atoms with Gasteiger partial charge in [-0.25, -0.2) is 8.42 Å². The largest absolute Gasteiger partial charge is 0.389 e. The Kier molecular flexibility index (Phi) is 6.25. The summed E-state index contributed by atoms with van der Waals surface area (Å²) in [6.07, 6.45) is 0.589. The highest BCUT2D eigenvalue weighted by molar-refractivity contribution is 7.89. The number of nitrogens with one attached hydrogen (secondary N) is 1. The van der Waals surface area contributed by atoms with E-state index in [4.69, 9.17) is 18.0 Å². The lowest BCUT2D eigenvalue weighted by molar-refractivity contribution is -0.120. The molecule has 0 aliphatic rings. The molecule has 1 rings (SSSR count). The molecule has 0 spiro atoms. The Hall–Kier alpha value is -1.51. The Morgan fingerprint density at radius 3 is 2.52 bits per heavy atom. The first kappa shape index (κ1) is 17.5. The van der Waals surface area contributed by atoms with Crippen LogP contribution < -0.4 is 11.1 Å². The van der Waals surface area contributed by atoms with Crippen LogP contribution >= 0.6 is 12.2 Å². The molecule has 0 saturated carbocycles. The lowest BCUT2D eigenvalue weighted by Gasteiger charge is -2.22. The van der Waals surface area contributed by atoms with Crippen molar-refractivity contribution in [2.24, 2.45) is 5.73 Å². The molecule has 1 amide bonds. The first-order valence-corrected chi connectivity index (χ1v) is 8.29. The predicted molar refractivity (Wildman–Crippen MR) is 85.4 cm³/mol. The number of benzene rings is 1. The number of nitrogens with two attached hydrogens (primary N) is 1. The molecular weight excluding hydrogens is 310 g/mol. The zero-order chi connectivity index (χ0) is 16.0. The molecule has 0 aromatic heterocycles. The fourth-order valence-electron chi connectivity index (χ4n) is 1.81. The van der Waals surface area contributed by atoms with Crippen LogP contribution in [0.25, 0.3) is 0 Å². The van der Waals surface area contributed by atoms with Gasteiger partial charge < -0.3 is 11.1 Å². The van der Waals surface area contributed by atoms with Gasteiger partial charge in [0.15, 0.2) is 0 Å². The number of hydrogen-bond acceptors (Lipinski definition) is 4. The van der Waals surface area contributed by atoms with Gasteiger partial charge in [0, 0.05) is 19.2 Å². The topological polar surface area (TPSA) is 92.5 Å². The quantitative estimate of drug-likeness (QED) is 0.709. The minimum absolute atomic E-state index is 0.00515. The van der Waals surface area contributed by atoms with Crippen LogP contribution in [0.3, 0.4) is 0 Å². The molecule has 0 fully saturated rings. The van der Waals surface area contributed by atoms with E-state index in [0.29, 0.717) is 6.42 Å². The molecule has 1 aromatic carbocycles. The van der Waals surface area contributed by atoms with Crippen molar-refractivity contribution >= 4 is 33.1 Å². The lowest BCUT2D eigenvalue weighted by atomic mass is 10.2. The molecule has 116 valence electrons. The molecule has 1 aromatic rings. The smallest absolute Gasteiger partial charge is 0.244 e. The Labute approximate surface area is 130 Å². The second kappa shape index (κ2) is 7.48. The van der Waals surface area contributed by atoms with Crippen LogP contribution in [0.2, 0.25) is 0 Å². The summed E-state index contributed by atoms with van der Waals surface area (Å²) in [7, 11) is -2.38. The number of likely N-dealkylation sites (N-methyl/N-ethyl adjacent to an activating group) is 1. The van der Waals surface area contributed by atoms with E-state index in [1.165, 1.54) is 13.1 Å². The SMILES string of the molecule is CCCN(CC(=O)NC)S(=O)(=O)c1ccccc1C(N)=S. The summed E-state index contributed by atoms with van der Waals surface area (Å²) in [5, 5.41) is 2.42. The summed E-state index contributed by atoms with van der Waals surface area (Å²) in [4.78, 5) is 11.6. The van der Waals surface area contributed by atoms with Crippen molar-refractivity contribution in [2.75, 3.05) is 20.1 Å². The summed E-state index contributed by atoms with van der Waals surface area (Å²) in [6, 6.07) is 6.25. The molecular formula is C13H19N3O3S2. The van der Waals surface area contributed by atoms with E-state index in [1.54, 1.807) is 18.2 Å². The van der Waals surface area contributed by atoms with Gasteiger partial charge in [0.2, 0.25) is 15.9 Å². The highest BCUT2D eigenvalue weighted by Gasteiger charge is 2.28. The average Bonchev–Trinajstić information content (AvgIpc) is 2.46. The highest BCUT2D eigenvalue weighted by atomic mass is 32.2. The number of hydrogen-bond donors (Lipinski definition) is 2. The number of rotatable bonds is 7. The zero-order valence-electron chi connectivity index (χ0n) is 12.0. The Bertz CT molecular complexity index is 629. The maximum absolute atomic E-state index is 12.7. The number of carbonyl (C=O) groups excluding carboxylic acids is 1. The van der Waals surface area contributed by atoms with Crippen LogP contribution in [-0.4, -0.2) is 43.8 Å². The molecule has 0 aliphatic heterocycles. The fourth-order valence-corrected chi connectivity index (χ4v) is 3.74. The first-order chi connectivity index (χ1) is 9.84. The van der Waals surface area contributed by atoms with Crippen LogP contribution in [-0.2, 0) is 14.8 Å². The van der Waals surface area contributed by atoms with E-state index < -0.39 is 10.0 Å². The Balaban J connectivity index is 3.29. The molecule has 0 bridgehead atoms. The van der Waals surface area contributed by atoms with Crippen LogP contribution in [0, 0.1) is 0 Å². The van der Waals surface area contributed by atoms with Gasteiger partial charge >= 0.3 is 0 Å². The third kappa shape index (κ3) is 4.23. The Morgan fingerprint density at radius 2 is 2.00 bits per heavy atom. The van der Waals surface area contributed by atoms with E-state index in [2.05, 4.69) is 5.32 Å². The van der Waals surface area contributed by atoms with Crippen molar-refractivity contribution < 1.29 is 13.2 Å². The third-order valence-electron chi connectivity index (χ3n) is 2.84. The molecule has 0 heterocycles. The molecule has 0 saturated heterocycles. The van der Waals surface area contributed by atoms with E-state index in [0.717, 1.165) is 4.31 Å². The van der Waals surface area contributed by atoms with Gasteiger partial charge in [-0.3, -0.25) is 4.79 Å². The van der Waals surface area contributed by atoms with Crippen LogP contribution in [0.1, 0.15) is 18.9 Å². The van der Waals surface area contributed by atoms with Crippen LogP contribution in [0.5, 0.6) is 0 Å². The average molecular weight is 329 g/mol. The van der Waals surface area contributed by atoms with Crippen LogP contribution in [0.15, 0.2) is 29.2 Å². The molecule has 21 heavy (non-hydrogen) atoms. The summed E-state index contributed by atoms with van der Waals surface area (Å²) in [6.45, 7) is 1.84. The Morgan fingerprint density at radius 1 is 1.38 bits per heavy atom.